The van der Waals surface area contributed by atoms with Gasteiger partial charge in [-0.15, -0.1) is 0 Å². The van der Waals surface area contributed by atoms with Crippen LogP contribution in [0.3, 0.4) is 0 Å². The van der Waals surface area contributed by atoms with E-state index in [0.717, 1.165) is 49.0 Å². The number of anilines is 1. The highest BCUT2D eigenvalue weighted by atomic mass is 79.9. The molecule has 0 radical (unpaired) electrons. The fraction of sp³-hybridized carbons (Fsp3) is 0.257. The molecule has 1 fully saturated rings. The number of nitrogens with zero attached hydrogens (tertiary/aromatic N) is 2. The van der Waals surface area contributed by atoms with Gasteiger partial charge >= 0.3 is 11.9 Å². The number of aromatic carboxylic acids is 1. The third-order valence-electron chi connectivity index (χ3n) is 7.04. The van der Waals surface area contributed by atoms with Crippen molar-refractivity contribution >= 4 is 45.2 Å². The molecule has 0 amide bonds. The van der Waals surface area contributed by atoms with Gasteiger partial charge in [0.2, 0.25) is 0 Å². The van der Waals surface area contributed by atoms with Gasteiger partial charge in [-0.25, -0.2) is 18.4 Å². The Kier molecular flexibility index (Phi) is 11.4. The summed E-state index contributed by atoms with van der Waals surface area (Å²) in [7, 11) is 0. The van der Waals surface area contributed by atoms with E-state index in [1.54, 1.807) is 32.9 Å². The van der Waals surface area contributed by atoms with E-state index in [1.165, 1.54) is 35.4 Å². The lowest BCUT2D eigenvalue weighted by Crippen LogP contribution is -2.46. The van der Waals surface area contributed by atoms with E-state index in [4.69, 9.17) is 21.4 Å². The quantitative estimate of drug-likeness (QED) is 0.203. The summed E-state index contributed by atoms with van der Waals surface area (Å²) >= 11 is 9.14. The van der Waals surface area contributed by atoms with Crippen LogP contribution in [-0.2, 0) is 11.3 Å². The molecule has 6 nitrogen and oxygen atoms in total. The van der Waals surface area contributed by atoms with Crippen molar-refractivity contribution < 1.29 is 28.2 Å². The average Bonchev–Trinajstić information content (AvgIpc) is 2.97. The lowest BCUT2D eigenvalue weighted by Gasteiger charge is -2.36. The zero-order chi connectivity index (χ0) is 32.7. The second-order valence-electron chi connectivity index (χ2n) is 11.5. The molecule has 0 bridgehead atoms. The van der Waals surface area contributed by atoms with Crippen LogP contribution in [-0.4, -0.2) is 53.7 Å². The molecule has 0 aromatic heterocycles. The number of carbonyl (C=O) groups is 2. The van der Waals surface area contributed by atoms with Gasteiger partial charge in [0.05, 0.1) is 11.1 Å². The van der Waals surface area contributed by atoms with Gasteiger partial charge in [-0.2, -0.15) is 0 Å². The normalized spacial score (nSPS) is 13.5. The maximum Gasteiger partial charge on any atom is 0.341 e. The van der Waals surface area contributed by atoms with Crippen molar-refractivity contribution in [2.75, 3.05) is 31.1 Å². The van der Waals surface area contributed by atoms with Crippen LogP contribution in [0.4, 0.5) is 14.5 Å². The molecule has 1 N–H and O–H groups in total. The molecule has 236 valence electrons. The second-order valence-corrected chi connectivity index (χ2v) is 12.9. The number of piperazine rings is 1. The van der Waals surface area contributed by atoms with Gasteiger partial charge in [-0.05, 0) is 86.0 Å². The van der Waals surface area contributed by atoms with Gasteiger partial charge in [-0.3, -0.25) is 4.90 Å². The van der Waals surface area contributed by atoms with Crippen LogP contribution < -0.4 is 4.90 Å². The largest absolute Gasteiger partial charge is 0.478 e. The van der Waals surface area contributed by atoms with E-state index in [0.29, 0.717) is 4.47 Å². The first-order chi connectivity index (χ1) is 21.3. The lowest BCUT2D eigenvalue weighted by molar-refractivity contribution is 0.00644. The SMILES string of the molecule is CC(C)(C)OC(=O)c1ccc(Br)cc1F.O=C(O)c1ccc(N2CCN(Cc3ccccc3-c3ccc(Cl)cc3)CC2)cc1F. The number of carboxylic acids is 1. The zero-order valence-electron chi connectivity index (χ0n) is 25.2. The molecule has 0 saturated carbocycles. The molecule has 0 unspecified atom stereocenters. The van der Waals surface area contributed by atoms with Crippen molar-refractivity contribution in [3.05, 3.63) is 123 Å². The molecule has 1 heterocycles. The number of ether oxygens (including phenoxy) is 1. The Labute approximate surface area is 275 Å². The molecular formula is C35H34BrClF2N2O4. The number of rotatable bonds is 6. The molecular weight excluding hydrogens is 666 g/mol. The standard InChI is InChI=1S/C24H22ClFN2O2.C11H12BrFO2/c25-19-7-5-17(6-8-19)21-4-2-1-3-18(21)16-27-11-13-28(14-12-27)20-9-10-22(24(29)30)23(26)15-20;1-11(2,3)15-10(14)8-5-4-7(12)6-9(8)13/h1-10,15H,11-14,16H2,(H,29,30);4-6H,1-3H3. The van der Waals surface area contributed by atoms with Gasteiger partial charge in [0.25, 0.3) is 0 Å². The summed E-state index contributed by atoms with van der Waals surface area (Å²) in [5, 5.41) is 9.72. The minimum Gasteiger partial charge on any atom is -0.478 e. The summed E-state index contributed by atoms with van der Waals surface area (Å²) in [6, 6.07) is 24.8. The minimum absolute atomic E-state index is 0.0480. The highest BCUT2D eigenvalue weighted by Gasteiger charge is 2.22. The smallest absolute Gasteiger partial charge is 0.341 e. The monoisotopic (exact) mass is 698 g/mol. The summed E-state index contributed by atoms with van der Waals surface area (Å²) < 4.78 is 33.0. The third kappa shape index (κ3) is 9.60. The van der Waals surface area contributed by atoms with E-state index in [9.17, 15) is 18.4 Å². The number of benzene rings is 4. The molecule has 1 aliphatic rings. The minimum atomic E-state index is -1.25. The van der Waals surface area contributed by atoms with Crippen LogP contribution in [0.25, 0.3) is 11.1 Å². The molecule has 0 spiro atoms. The highest BCUT2D eigenvalue weighted by molar-refractivity contribution is 9.10. The number of hydrogen-bond donors (Lipinski definition) is 1. The summed E-state index contributed by atoms with van der Waals surface area (Å²) in [6.07, 6.45) is 0. The molecule has 4 aromatic carbocycles. The fourth-order valence-electron chi connectivity index (χ4n) is 4.84. The number of carboxylic acid groups (broad SMARTS) is 1. The van der Waals surface area contributed by atoms with Crippen molar-refractivity contribution in [3.8, 4) is 11.1 Å². The zero-order valence-corrected chi connectivity index (χ0v) is 27.5. The van der Waals surface area contributed by atoms with E-state index < -0.39 is 29.2 Å². The molecule has 0 aliphatic carbocycles. The third-order valence-corrected chi connectivity index (χ3v) is 7.78. The van der Waals surface area contributed by atoms with Gasteiger partial charge in [0, 0.05) is 47.9 Å². The molecule has 0 atom stereocenters. The molecule has 5 rings (SSSR count). The number of halogens is 4. The Morgan fingerprint density at radius 2 is 1.49 bits per heavy atom. The average molecular weight is 700 g/mol. The van der Waals surface area contributed by atoms with Crippen molar-refractivity contribution in [2.24, 2.45) is 0 Å². The Morgan fingerprint density at radius 1 is 0.867 bits per heavy atom. The van der Waals surface area contributed by atoms with Crippen LogP contribution in [0.15, 0.2) is 89.4 Å². The van der Waals surface area contributed by atoms with E-state index >= 15 is 0 Å². The molecule has 1 saturated heterocycles. The summed E-state index contributed by atoms with van der Waals surface area (Å²) in [5.74, 6) is -3.17. The van der Waals surface area contributed by atoms with Gasteiger partial charge in [0.1, 0.15) is 17.2 Å². The van der Waals surface area contributed by atoms with Crippen molar-refractivity contribution in [2.45, 2.75) is 32.9 Å². The van der Waals surface area contributed by atoms with Crippen LogP contribution in [0.5, 0.6) is 0 Å². The van der Waals surface area contributed by atoms with Crippen LogP contribution in [0.2, 0.25) is 5.02 Å². The van der Waals surface area contributed by atoms with Crippen molar-refractivity contribution in [1.82, 2.24) is 4.90 Å². The van der Waals surface area contributed by atoms with E-state index in [-0.39, 0.29) is 11.1 Å². The topological polar surface area (TPSA) is 70.1 Å². The number of hydrogen-bond acceptors (Lipinski definition) is 5. The van der Waals surface area contributed by atoms with Crippen molar-refractivity contribution in [1.29, 1.82) is 0 Å². The Morgan fingerprint density at radius 3 is 2.09 bits per heavy atom. The maximum atomic E-state index is 14.0. The van der Waals surface area contributed by atoms with E-state index in [1.807, 2.05) is 30.3 Å². The van der Waals surface area contributed by atoms with Crippen LogP contribution in [0.1, 0.15) is 47.1 Å². The maximum absolute atomic E-state index is 14.0. The Hall–Kier alpha value is -3.79. The first-order valence-corrected chi connectivity index (χ1v) is 15.5. The van der Waals surface area contributed by atoms with Gasteiger partial charge in [-0.1, -0.05) is 63.9 Å². The second kappa shape index (κ2) is 15.0. The predicted octanol–water partition coefficient (Wildman–Crippen LogP) is 8.71. The summed E-state index contributed by atoms with van der Waals surface area (Å²) in [6.45, 7) is 9.25. The van der Waals surface area contributed by atoms with Crippen LogP contribution >= 0.6 is 27.5 Å². The first kappa shape index (κ1) is 34.1. The Bertz CT molecular complexity index is 1650. The number of esters is 1. The van der Waals surface area contributed by atoms with Crippen LogP contribution in [0, 0.1) is 11.6 Å². The molecule has 1 aliphatic heterocycles. The van der Waals surface area contributed by atoms with Gasteiger partial charge in [0.15, 0.2) is 0 Å². The highest BCUT2D eigenvalue weighted by Crippen LogP contribution is 2.27. The Balaban J connectivity index is 0.000000259. The van der Waals surface area contributed by atoms with Gasteiger partial charge < -0.3 is 14.7 Å². The molecule has 10 heteroatoms. The summed E-state index contributed by atoms with van der Waals surface area (Å²) in [5.41, 5.74) is 3.36. The molecule has 4 aromatic rings. The summed E-state index contributed by atoms with van der Waals surface area (Å²) in [4.78, 5) is 27.0. The molecule has 45 heavy (non-hydrogen) atoms. The van der Waals surface area contributed by atoms with E-state index in [2.05, 4.69) is 43.9 Å². The lowest BCUT2D eigenvalue weighted by atomic mass is 9.99. The number of carbonyl (C=O) groups excluding carboxylic acids is 1. The predicted molar refractivity (Wildman–Crippen MR) is 177 cm³/mol. The first-order valence-electron chi connectivity index (χ1n) is 14.3. The van der Waals surface area contributed by atoms with Crippen molar-refractivity contribution in [3.63, 3.8) is 0 Å². The fourth-order valence-corrected chi connectivity index (χ4v) is 5.30.